The Labute approximate surface area is 160 Å². The van der Waals surface area contributed by atoms with Gasteiger partial charge in [-0.05, 0) is 35.4 Å². The molecule has 0 aliphatic heterocycles. The van der Waals surface area contributed by atoms with Crippen molar-refractivity contribution >= 4 is 46.7 Å². The van der Waals surface area contributed by atoms with E-state index in [2.05, 4.69) is 9.47 Å². The Morgan fingerprint density at radius 2 is 1.08 bits per heavy atom. The molecule has 7 heteroatoms. The van der Waals surface area contributed by atoms with Gasteiger partial charge in [0.15, 0.2) is 0 Å². The molecule has 2 aromatic rings. The summed E-state index contributed by atoms with van der Waals surface area (Å²) in [6.45, 7) is 0. The number of hydrogen-bond acceptors (Lipinski definition) is 4. The van der Waals surface area contributed by atoms with Crippen molar-refractivity contribution < 1.29 is 19.1 Å². The Morgan fingerprint density at radius 3 is 1.32 bits per heavy atom. The van der Waals surface area contributed by atoms with E-state index in [0.717, 1.165) is 0 Å². The molecule has 132 valence electrons. The van der Waals surface area contributed by atoms with Crippen LogP contribution in [-0.2, 0) is 9.47 Å². The molecule has 0 fully saturated rings. The van der Waals surface area contributed by atoms with E-state index in [9.17, 15) is 9.59 Å². The number of ether oxygens (including phenoxy) is 2. The smallest absolute Gasteiger partial charge is 0.337 e. The molecule has 2 rings (SSSR count). The van der Waals surface area contributed by atoms with Crippen LogP contribution in [0.4, 0.5) is 0 Å². The van der Waals surface area contributed by atoms with Crippen LogP contribution in [0.3, 0.4) is 0 Å². The van der Waals surface area contributed by atoms with Crippen LogP contribution in [0.15, 0.2) is 48.5 Å². The third kappa shape index (κ3) is 4.66. The fourth-order valence-corrected chi connectivity index (χ4v) is 3.19. The highest BCUT2D eigenvalue weighted by Gasteiger charge is 2.35. The zero-order chi connectivity index (χ0) is 18.6. The summed E-state index contributed by atoms with van der Waals surface area (Å²) in [6.07, 6.45) is 0. The summed E-state index contributed by atoms with van der Waals surface area (Å²) in [5.74, 6) is -1.48. The van der Waals surface area contributed by atoms with Gasteiger partial charge in [0, 0.05) is 0 Å². The second-order valence-electron chi connectivity index (χ2n) is 5.20. The first kappa shape index (κ1) is 19.6. The van der Waals surface area contributed by atoms with E-state index < -0.39 is 21.6 Å². The third-order valence-corrected chi connectivity index (χ3v) is 4.31. The molecular formula is C18H15Cl3O4. The van der Waals surface area contributed by atoms with Crippen molar-refractivity contribution in [3.63, 3.8) is 0 Å². The average Bonchev–Trinajstić information content (AvgIpc) is 2.60. The number of halogens is 3. The van der Waals surface area contributed by atoms with Gasteiger partial charge in [-0.25, -0.2) is 9.59 Å². The van der Waals surface area contributed by atoms with Gasteiger partial charge in [-0.15, -0.1) is 0 Å². The average molecular weight is 402 g/mol. The quantitative estimate of drug-likeness (QED) is 0.547. The Morgan fingerprint density at radius 1 is 0.760 bits per heavy atom. The van der Waals surface area contributed by atoms with Gasteiger partial charge >= 0.3 is 11.9 Å². The van der Waals surface area contributed by atoms with Crippen molar-refractivity contribution in [1.29, 1.82) is 0 Å². The summed E-state index contributed by atoms with van der Waals surface area (Å²) in [4.78, 5) is 23.1. The molecule has 2 aromatic carbocycles. The first-order valence-electron chi connectivity index (χ1n) is 7.21. The Balaban J connectivity index is 2.40. The molecule has 0 heterocycles. The van der Waals surface area contributed by atoms with Crippen LogP contribution < -0.4 is 0 Å². The zero-order valence-corrected chi connectivity index (χ0v) is 15.7. The van der Waals surface area contributed by atoms with Crippen molar-refractivity contribution in [2.75, 3.05) is 14.2 Å². The summed E-state index contributed by atoms with van der Waals surface area (Å²) in [5, 5.41) is 0. The van der Waals surface area contributed by atoms with Gasteiger partial charge < -0.3 is 9.47 Å². The van der Waals surface area contributed by atoms with Crippen LogP contribution in [0, 0.1) is 0 Å². The molecule has 0 N–H and O–H groups in total. The first-order chi connectivity index (χ1) is 11.8. The Bertz CT molecular complexity index is 690. The maximum absolute atomic E-state index is 11.5. The van der Waals surface area contributed by atoms with Gasteiger partial charge in [-0.2, -0.15) is 0 Å². The normalized spacial score (nSPS) is 11.3. The predicted molar refractivity (Wildman–Crippen MR) is 97.7 cm³/mol. The van der Waals surface area contributed by atoms with Crippen LogP contribution in [0.5, 0.6) is 0 Å². The van der Waals surface area contributed by atoms with Gasteiger partial charge in [0.2, 0.25) is 3.79 Å². The van der Waals surface area contributed by atoms with Gasteiger partial charge in [-0.3, -0.25) is 0 Å². The number of esters is 2. The molecule has 25 heavy (non-hydrogen) atoms. The van der Waals surface area contributed by atoms with Crippen LogP contribution in [0.25, 0.3) is 0 Å². The highest BCUT2D eigenvalue weighted by atomic mass is 35.6. The number of alkyl halides is 3. The number of benzene rings is 2. The highest BCUT2D eigenvalue weighted by molar-refractivity contribution is 6.68. The van der Waals surface area contributed by atoms with Crippen LogP contribution >= 0.6 is 34.8 Å². The molecule has 0 aliphatic carbocycles. The molecule has 0 bridgehead atoms. The predicted octanol–water partition coefficient (Wildman–Crippen LogP) is 4.76. The van der Waals surface area contributed by atoms with Crippen molar-refractivity contribution in [2.45, 2.75) is 9.71 Å². The summed E-state index contributed by atoms with van der Waals surface area (Å²) >= 11 is 18.5. The lowest BCUT2D eigenvalue weighted by Gasteiger charge is -2.25. The van der Waals surface area contributed by atoms with Gasteiger partial charge in [-0.1, -0.05) is 59.1 Å². The Kier molecular flexibility index (Phi) is 6.33. The number of methoxy groups -OCH3 is 2. The van der Waals surface area contributed by atoms with Crippen molar-refractivity contribution in [1.82, 2.24) is 0 Å². The molecule has 0 unspecified atom stereocenters. The molecule has 0 aromatic heterocycles. The number of carbonyl (C=O) groups is 2. The Hall–Kier alpha value is -1.75. The lowest BCUT2D eigenvalue weighted by molar-refractivity contribution is 0.0592. The van der Waals surface area contributed by atoms with Crippen LogP contribution in [0.1, 0.15) is 37.8 Å². The van der Waals surface area contributed by atoms with Crippen LogP contribution in [-0.4, -0.2) is 30.0 Å². The van der Waals surface area contributed by atoms with E-state index >= 15 is 0 Å². The minimum atomic E-state index is -1.63. The maximum Gasteiger partial charge on any atom is 0.337 e. The summed E-state index contributed by atoms with van der Waals surface area (Å²) < 4.78 is 7.72. The van der Waals surface area contributed by atoms with E-state index in [-0.39, 0.29) is 0 Å². The van der Waals surface area contributed by atoms with Crippen molar-refractivity contribution in [2.24, 2.45) is 0 Å². The lowest BCUT2D eigenvalue weighted by atomic mass is 9.91. The molecular weight excluding hydrogens is 387 g/mol. The van der Waals surface area contributed by atoms with Crippen molar-refractivity contribution in [3.05, 3.63) is 70.8 Å². The standard InChI is InChI=1S/C18H15Cl3O4/c1-24-16(22)13-7-3-11(4-8-13)15(18(19,20)21)12-5-9-14(10-6-12)17(23)25-2/h3-10,15H,1-2H3. The highest BCUT2D eigenvalue weighted by Crippen LogP contribution is 2.45. The third-order valence-electron chi connectivity index (χ3n) is 3.66. The zero-order valence-electron chi connectivity index (χ0n) is 13.5. The summed E-state index contributed by atoms with van der Waals surface area (Å²) in [5.41, 5.74) is 2.21. The fraction of sp³-hybridized carbons (Fsp3) is 0.222. The van der Waals surface area contributed by atoms with Crippen LogP contribution in [0.2, 0.25) is 0 Å². The first-order valence-corrected chi connectivity index (χ1v) is 8.34. The molecule has 0 aliphatic rings. The summed E-state index contributed by atoms with van der Waals surface area (Å²) in [6, 6.07) is 13.2. The number of rotatable bonds is 4. The molecule has 0 saturated carbocycles. The number of hydrogen-bond donors (Lipinski definition) is 0. The SMILES string of the molecule is COC(=O)c1ccc(C(c2ccc(C(=O)OC)cc2)C(Cl)(Cl)Cl)cc1. The molecule has 4 nitrogen and oxygen atoms in total. The topological polar surface area (TPSA) is 52.6 Å². The minimum absolute atomic E-state index is 0.398. The second-order valence-corrected chi connectivity index (χ2v) is 7.57. The minimum Gasteiger partial charge on any atom is -0.465 e. The van der Waals surface area contributed by atoms with Crippen molar-refractivity contribution in [3.8, 4) is 0 Å². The van der Waals surface area contributed by atoms with E-state index in [0.29, 0.717) is 22.3 Å². The van der Waals surface area contributed by atoms with E-state index in [1.165, 1.54) is 14.2 Å². The molecule has 0 amide bonds. The van der Waals surface area contributed by atoms with Gasteiger partial charge in [0.25, 0.3) is 0 Å². The lowest BCUT2D eigenvalue weighted by Crippen LogP contribution is -2.19. The summed E-state index contributed by atoms with van der Waals surface area (Å²) in [7, 11) is 2.62. The number of carbonyl (C=O) groups excluding carboxylic acids is 2. The largest absolute Gasteiger partial charge is 0.465 e. The fourth-order valence-electron chi connectivity index (χ4n) is 2.43. The molecule has 0 radical (unpaired) electrons. The second kappa shape index (κ2) is 8.09. The van der Waals surface area contributed by atoms with Gasteiger partial charge in [0.05, 0.1) is 31.3 Å². The van der Waals surface area contributed by atoms with Gasteiger partial charge in [0.1, 0.15) is 0 Å². The monoisotopic (exact) mass is 400 g/mol. The molecule has 0 saturated heterocycles. The van der Waals surface area contributed by atoms with E-state index in [4.69, 9.17) is 34.8 Å². The molecule has 0 spiro atoms. The maximum atomic E-state index is 11.5. The molecule has 0 atom stereocenters. The van der Waals surface area contributed by atoms with E-state index in [1.54, 1.807) is 48.5 Å². The van der Waals surface area contributed by atoms with E-state index in [1.807, 2.05) is 0 Å².